The topological polar surface area (TPSA) is 66.9 Å². The Bertz CT molecular complexity index is 799. The summed E-state index contributed by atoms with van der Waals surface area (Å²) in [5, 5.41) is 6.85. The molecule has 0 saturated carbocycles. The van der Waals surface area contributed by atoms with Gasteiger partial charge in [-0.15, -0.1) is 0 Å². The molecule has 0 unspecified atom stereocenters. The van der Waals surface area contributed by atoms with Gasteiger partial charge in [-0.25, -0.2) is 4.79 Å². The Hall–Kier alpha value is -2.95. The molecule has 0 aliphatic carbocycles. The highest BCUT2D eigenvalue weighted by molar-refractivity contribution is 5.82. The smallest absolute Gasteiger partial charge is 0.315 e. The molecule has 5 heteroatoms. The molecule has 5 nitrogen and oxygen atoms in total. The summed E-state index contributed by atoms with van der Waals surface area (Å²) in [7, 11) is 0. The van der Waals surface area contributed by atoms with Crippen LogP contribution in [0.2, 0.25) is 0 Å². The van der Waals surface area contributed by atoms with Gasteiger partial charge in [0.1, 0.15) is 0 Å². The van der Waals surface area contributed by atoms with Crippen LogP contribution >= 0.6 is 0 Å². The van der Waals surface area contributed by atoms with E-state index >= 15 is 0 Å². The standard InChI is InChI=1S/C18H18N4O/c1-13(15-8-3-9-19-11-15)22-18(23)21-12-16-6-2-5-14-7-4-10-20-17(14)16/h2-11,13H,12H2,1H3,(H2,21,22,23)/t13-/m1/s1. The van der Waals surface area contributed by atoms with Crippen molar-refractivity contribution in [1.29, 1.82) is 0 Å². The van der Waals surface area contributed by atoms with Crippen LogP contribution in [0.4, 0.5) is 4.79 Å². The molecule has 116 valence electrons. The molecule has 23 heavy (non-hydrogen) atoms. The first-order chi connectivity index (χ1) is 11.2. The summed E-state index contributed by atoms with van der Waals surface area (Å²) in [6, 6.07) is 13.3. The number of nitrogens with zero attached hydrogens (tertiary/aromatic N) is 2. The molecule has 3 aromatic rings. The zero-order valence-corrected chi connectivity index (χ0v) is 12.9. The second-order valence-electron chi connectivity index (χ2n) is 5.33. The van der Waals surface area contributed by atoms with E-state index in [1.54, 1.807) is 18.6 Å². The summed E-state index contributed by atoms with van der Waals surface area (Å²) in [5.74, 6) is 0. The maximum absolute atomic E-state index is 12.1. The Morgan fingerprint density at radius 3 is 2.78 bits per heavy atom. The molecule has 0 radical (unpaired) electrons. The third-order valence-corrected chi connectivity index (χ3v) is 3.69. The highest BCUT2D eigenvalue weighted by atomic mass is 16.2. The molecular weight excluding hydrogens is 288 g/mol. The first-order valence-electron chi connectivity index (χ1n) is 7.51. The highest BCUT2D eigenvalue weighted by Crippen LogP contribution is 2.15. The van der Waals surface area contributed by atoms with Crippen LogP contribution in [0, 0.1) is 0 Å². The van der Waals surface area contributed by atoms with Gasteiger partial charge >= 0.3 is 6.03 Å². The van der Waals surface area contributed by atoms with Gasteiger partial charge in [0.2, 0.25) is 0 Å². The van der Waals surface area contributed by atoms with Crippen LogP contribution in [-0.4, -0.2) is 16.0 Å². The highest BCUT2D eigenvalue weighted by Gasteiger charge is 2.09. The summed E-state index contributed by atoms with van der Waals surface area (Å²) in [6.45, 7) is 2.36. The van der Waals surface area contributed by atoms with Crippen LogP contribution in [0.3, 0.4) is 0 Å². The Morgan fingerprint density at radius 2 is 1.96 bits per heavy atom. The second-order valence-corrected chi connectivity index (χ2v) is 5.33. The van der Waals surface area contributed by atoms with Gasteiger partial charge in [-0.2, -0.15) is 0 Å². The SMILES string of the molecule is C[C@@H](NC(=O)NCc1cccc2cccnc12)c1cccnc1. The molecule has 0 aliphatic heterocycles. The molecule has 0 fully saturated rings. The fourth-order valence-electron chi connectivity index (χ4n) is 2.45. The minimum atomic E-state index is -0.214. The van der Waals surface area contributed by atoms with E-state index in [-0.39, 0.29) is 12.1 Å². The van der Waals surface area contributed by atoms with Gasteiger partial charge in [-0.3, -0.25) is 9.97 Å². The van der Waals surface area contributed by atoms with Crippen molar-refractivity contribution in [1.82, 2.24) is 20.6 Å². The van der Waals surface area contributed by atoms with Crippen molar-refractivity contribution >= 4 is 16.9 Å². The van der Waals surface area contributed by atoms with E-state index in [9.17, 15) is 4.79 Å². The number of pyridine rings is 2. The number of carbonyl (C=O) groups excluding carboxylic acids is 1. The number of para-hydroxylation sites is 1. The van der Waals surface area contributed by atoms with E-state index in [1.165, 1.54) is 0 Å². The van der Waals surface area contributed by atoms with Crippen LogP contribution in [-0.2, 0) is 6.54 Å². The maximum atomic E-state index is 12.1. The van der Waals surface area contributed by atoms with Gasteiger partial charge in [-0.1, -0.05) is 30.3 Å². The van der Waals surface area contributed by atoms with Gasteiger partial charge in [0.15, 0.2) is 0 Å². The zero-order valence-electron chi connectivity index (χ0n) is 12.9. The first-order valence-corrected chi connectivity index (χ1v) is 7.51. The first kappa shape index (κ1) is 15.0. The number of aromatic nitrogens is 2. The quantitative estimate of drug-likeness (QED) is 0.778. The predicted octanol–water partition coefficient (Wildman–Crippen LogP) is 3.19. The molecule has 0 saturated heterocycles. The molecule has 1 aromatic carbocycles. The van der Waals surface area contributed by atoms with Crippen LogP contribution in [0.5, 0.6) is 0 Å². The number of benzene rings is 1. The Morgan fingerprint density at radius 1 is 1.13 bits per heavy atom. The number of nitrogens with one attached hydrogen (secondary N) is 2. The molecule has 0 bridgehead atoms. The van der Waals surface area contributed by atoms with E-state index in [0.717, 1.165) is 22.0 Å². The molecule has 2 heterocycles. The molecule has 1 atom stereocenters. The summed E-state index contributed by atoms with van der Waals surface area (Å²) in [5.41, 5.74) is 2.87. The lowest BCUT2D eigenvalue weighted by Crippen LogP contribution is -2.36. The number of amides is 2. The summed E-state index contributed by atoms with van der Waals surface area (Å²) >= 11 is 0. The fourth-order valence-corrected chi connectivity index (χ4v) is 2.45. The molecule has 2 amide bonds. The molecule has 0 spiro atoms. The van der Waals surface area contributed by atoms with Gasteiger partial charge in [0.25, 0.3) is 0 Å². The Balaban J connectivity index is 1.62. The van der Waals surface area contributed by atoms with Crippen LogP contribution < -0.4 is 10.6 Å². The number of hydrogen-bond acceptors (Lipinski definition) is 3. The van der Waals surface area contributed by atoms with Crippen LogP contribution in [0.25, 0.3) is 10.9 Å². The minimum Gasteiger partial charge on any atom is -0.334 e. The van der Waals surface area contributed by atoms with E-state index in [4.69, 9.17) is 0 Å². The molecule has 0 aliphatic rings. The molecular formula is C18H18N4O. The average molecular weight is 306 g/mol. The van der Waals surface area contributed by atoms with E-state index in [0.29, 0.717) is 6.54 Å². The number of carbonyl (C=O) groups is 1. The normalized spacial score (nSPS) is 11.9. The van der Waals surface area contributed by atoms with Gasteiger partial charge in [0.05, 0.1) is 11.6 Å². The minimum absolute atomic E-state index is 0.102. The lowest BCUT2D eigenvalue weighted by Gasteiger charge is -2.15. The zero-order chi connectivity index (χ0) is 16.1. The summed E-state index contributed by atoms with van der Waals surface area (Å²) in [4.78, 5) is 20.5. The monoisotopic (exact) mass is 306 g/mol. The summed E-state index contributed by atoms with van der Waals surface area (Å²) in [6.07, 6.45) is 5.22. The lowest BCUT2D eigenvalue weighted by atomic mass is 10.1. The van der Waals surface area contributed by atoms with E-state index < -0.39 is 0 Å². The van der Waals surface area contributed by atoms with Crippen molar-refractivity contribution in [3.05, 3.63) is 72.2 Å². The Labute approximate surface area is 134 Å². The number of urea groups is 1. The van der Waals surface area contributed by atoms with Crippen LogP contribution in [0.1, 0.15) is 24.1 Å². The molecule has 2 N–H and O–H groups in total. The number of hydrogen-bond donors (Lipinski definition) is 2. The largest absolute Gasteiger partial charge is 0.334 e. The lowest BCUT2D eigenvalue weighted by molar-refractivity contribution is 0.237. The van der Waals surface area contributed by atoms with Crippen LogP contribution in [0.15, 0.2) is 61.1 Å². The molecule has 3 rings (SSSR count). The fraction of sp³-hybridized carbons (Fsp3) is 0.167. The van der Waals surface area contributed by atoms with Crippen molar-refractivity contribution in [2.24, 2.45) is 0 Å². The van der Waals surface area contributed by atoms with E-state index in [1.807, 2.05) is 49.4 Å². The molecule has 2 aromatic heterocycles. The third-order valence-electron chi connectivity index (χ3n) is 3.69. The average Bonchev–Trinajstić information content (AvgIpc) is 2.60. The van der Waals surface area contributed by atoms with Crippen molar-refractivity contribution < 1.29 is 4.79 Å². The van der Waals surface area contributed by atoms with Gasteiger partial charge in [-0.05, 0) is 30.2 Å². The van der Waals surface area contributed by atoms with Gasteiger partial charge < -0.3 is 10.6 Å². The number of fused-ring (bicyclic) bond motifs is 1. The van der Waals surface area contributed by atoms with Crippen molar-refractivity contribution in [2.45, 2.75) is 19.5 Å². The second kappa shape index (κ2) is 6.87. The van der Waals surface area contributed by atoms with Crippen molar-refractivity contribution in [3.63, 3.8) is 0 Å². The Kier molecular flexibility index (Phi) is 4.47. The predicted molar refractivity (Wildman–Crippen MR) is 89.8 cm³/mol. The van der Waals surface area contributed by atoms with Gasteiger partial charge in [0, 0.05) is 30.5 Å². The van der Waals surface area contributed by atoms with Crippen molar-refractivity contribution in [2.75, 3.05) is 0 Å². The summed E-state index contributed by atoms with van der Waals surface area (Å²) < 4.78 is 0. The van der Waals surface area contributed by atoms with E-state index in [2.05, 4.69) is 20.6 Å². The van der Waals surface area contributed by atoms with Crippen molar-refractivity contribution in [3.8, 4) is 0 Å². The third kappa shape index (κ3) is 3.63. The number of rotatable bonds is 4. The maximum Gasteiger partial charge on any atom is 0.315 e.